The molecule has 1 aromatic heterocycles. The Morgan fingerprint density at radius 1 is 1.17 bits per heavy atom. The summed E-state index contributed by atoms with van der Waals surface area (Å²) >= 11 is 5.80. The lowest BCUT2D eigenvalue weighted by atomic mass is 10.0. The molecule has 122 valence electrons. The van der Waals surface area contributed by atoms with Gasteiger partial charge >= 0.3 is 0 Å². The molecule has 0 radical (unpaired) electrons. The minimum atomic E-state index is 0.414. The number of guanidine groups is 1. The van der Waals surface area contributed by atoms with E-state index in [9.17, 15) is 0 Å². The molecule has 2 rings (SSSR count). The number of pyridine rings is 1. The van der Waals surface area contributed by atoms with Crippen molar-refractivity contribution in [3.8, 4) is 0 Å². The number of benzene rings is 1. The van der Waals surface area contributed by atoms with Crippen molar-refractivity contribution >= 4 is 17.6 Å². The first kappa shape index (κ1) is 17.3. The molecule has 5 heteroatoms. The first-order valence-corrected chi connectivity index (χ1v) is 8.24. The van der Waals surface area contributed by atoms with E-state index in [0.29, 0.717) is 17.6 Å². The maximum absolute atomic E-state index is 5.80. The molecule has 0 fully saturated rings. The highest BCUT2D eigenvalue weighted by atomic mass is 35.5. The molecule has 1 atom stereocenters. The normalized spacial score (nSPS) is 12.7. The van der Waals surface area contributed by atoms with Crippen LogP contribution in [0, 0.1) is 0 Å². The van der Waals surface area contributed by atoms with E-state index in [1.807, 2.05) is 12.1 Å². The van der Waals surface area contributed by atoms with Gasteiger partial charge in [0.1, 0.15) is 5.15 Å². The van der Waals surface area contributed by atoms with Gasteiger partial charge in [-0.15, -0.1) is 0 Å². The van der Waals surface area contributed by atoms with Gasteiger partial charge in [0.2, 0.25) is 0 Å². The number of hydrogen-bond donors (Lipinski definition) is 2. The standard InChI is InChI=1S/C18H23ClN4/c1-3-20-18(23-13-15-9-10-17(19)21-12-15)22-11-14(2)16-7-5-4-6-8-16/h4-10,12,14H,3,11,13H2,1-2H3,(H2,20,22,23). The van der Waals surface area contributed by atoms with E-state index in [4.69, 9.17) is 11.6 Å². The topological polar surface area (TPSA) is 49.3 Å². The Balaban J connectivity index is 1.92. The van der Waals surface area contributed by atoms with Crippen molar-refractivity contribution in [2.45, 2.75) is 26.3 Å². The highest BCUT2D eigenvalue weighted by Crippen LogP contribution is 2.13. The van der Waals surface area contributed by atoms with Crippen LogP contribution >= 0.6 is 11.6 Å². The fourth-order valence-corrected chi connectivity index (χ4v) is 2.27. The third kappa shape index (κ3) is 5.91. The van der Waals surface area contributed by atoms with E-state index in [0.717, 1.165) is 24.6 Å². The van der Waals surface area contributed by atoms with Crippen molar-refractivity contribution in [2.24, 2.45) is 4.99 Å². The summed E-state index contributed by atoms with van der Waals surface area (Å²) < 4.78 is 0. The summed E-state index contributed by atoms with van der Waals surface area (Å²) in [6, 6.07) is 14.2. The monoisotopic (exact) mass is 330 g/mol. The fourth-order valence-electron chi connectivity index (χ4n) is 2.16. The van der Waals surface area contributed by atoms with Crippen LogP contribution in [0.25, 0.3) is 0 Å². The van der Waals surface area contributed by atoms with Crippen molar-refractivity contribution in [2.75, 3.05) is 13.1 Å². The summed E-state index contributed by atoms with van der Waals surface area (Å²) in [5.74, 6) is 1.22. The van der Waals surface area contributed by atoms with Crippen LogP contribution in [0.3, 0.4) is 0 Å². The van der Waals surface area contributed by atoms with Crippen LogP contribution in [0.1, 0.15) is 30.9 Å². The second-order valence-electron chi connectivity index (χ2n) is 5.38. The Morgan fingerprint density at radius 3 is 2.61 bits per heavy atom. The van der Waals surface area contributed by atoms with E-state index in [1.54, 1.807) is 12.3 Å². The maximum Gasteiger partial charge on any atom is 0.191 e. The number of rotatable bonds is 6. The van der Waals surface area contributed by atoms with E-state index in [2.05, 4.69) is 58.7 Å². The van der Waals surface area contributed by atoms with Crippen molar-refractivity contribution in [3.63, 3.8) is 0 Å². The van der Waals surface area contributed by atoms with E-state index in [-0.39, 0.29) is 0 Å². The summed E-state index contributed by atoms with van der Waals surface area (Å²) in [6.07, 6.45) is 1.75. The molecular formula is C18H23ClN4. The highest BCUT2D eigenvalue weighted by molar-refractivity contribution is 6.29. The van der Waals surface area contributed by atoms with Gasteiger partial charge in [0.05, 0.1) is 6.54 Å². The molecule has 0 amide bonds. The van der Waals surface area contributed by atoms with Crippen LogP contribution in [0.4, 0.5) is 0 Å². The SMILES string of the molecule is CCNC(=NCc1ccc(Cl)nc1)NCC(C)c1ccccc1. The molecule has 0 saturated heterocycles. The molecule has 23 heavy (non-hydrogen) atoms. The predicted octanol–water partition coefficient (Wildman–Crippen LogP) is 3.59. The second kappa shape index (κ2) is 9.16. The average molecular weight is 331 g/mol. The zero-order valence-electron chi connectivity index (χ0n) is 13.6. The summed E-state index contributed by atoms with van der Waals surface area (Å²) in [5.41, 5.74) is 2.35. The Kier molecular flexibility index (Phi) is 6.88. The molecule has 2 N–H and O–H groups in total. The number of hydrogen-bond acceptors (Lipinski definition) is 2. The predicted molar refractivity (Wildman–Crippen MR) is 96.9 cm³/mol. The highest BCUT2D eigenvalue weighted by Gasteiger charge is 2.06. The largest absolute Gasteiger partial charge is 0.357 e. The van der Waals surface area contributed by atoms with Gasteiger partial charge < -0.3 is 10.6 Å². The van der Waals surface area contributed by atoms with Crippen LogP contribution in [-0.4, -0.2) is 24.0 Å². The number of nitrogens with zero attached hydrogens (tertiary/aromatic N) is 2. The van der Waals surface area contributed by atoms with Crippen LogP contribution in [0.15, 0.2) is 53.7 Å². The maximum atomic E-state index is 5.80. The molecular weight excluding hydrogens is 308 g/mol. The summed E-state index contributed by atoms with van der Waals surface area (Å²) in [7, 11) is 0. The summed E-state index contributed by atoms with van der Waals surface area (Å²) in [4.78, 5) is 8.66. The fraction of sp³-hybridized carbons (Fsp3) is 0.333. The van der Waals surface area contributed by atoms with Crippen LogP contribution in [0.2, 0.25) is 5.15 Å². The Morgan fingerprint density at radius 2 is 1.96 bits per heavy atom. The lowest BCUT2D eigenvalue weighted by molar-refractivity contribution is 0.699. The molecule has 1 heterocycles. The van der Waals surface area contributed by atoms with Crippen molar-refractivity contribution in [3.05, 3.63) is 64.9 Å². The average Bonchev–Trinajstić information content (AvgIpc) is 2.59. The summed E-state index contributed by atoms with van der Waals surface area (Å²) in [5, 5.41) is 7.16. The van der Waals surface area contributed by atoms with Gasteiger partial charge in [-0.25, -0.2) is 9.98 Å². The van der Waals surface area contributed by atoms with Crippen molar-refractivity contribution < 1.29 is 0 Å². The first-order chi connectivity index (χ1) is 11.2. The van der Waals surface area contributed by atoms with Gasteiger partial charge in [0.25, 0.3) is 0 Å². The van der Waals surface area contributed by atoms with Gasteiger partial charge in [-0.3, -0.25) is 0 Å². The van der Waals surface area contributed by atoms with Crippen LogP contribution < -0.4 is 10.6 Å². The van der Waals surface area contributed by atoms with E-state index >= 15 is 0 Å². The van der Waals surface area contributed by atoms with Gasteiger partial charge in [0.15, 0.2) is 5.96 Å². The lowest BCUT2D eigenvalue weighted by Crippen LogP contribution is -2.39. The molecule has 0 aliphatic heterocycles. The molecule has 0 aliphatic rings. The van der Waals surface area contributed by atoms with Gasteiger partial charge in [-0.2, -0.15) is 0 Å². The number of aromatic nitrogens is 1. The van der Waals surface area contributed by atoms with Gasteiger partial charge in [0, 0.05) is 19.3 Å². The lowest BCUT2D eigenvalue weighted by Gasteiger charge is -2.16. The molecule has 0 bridgehead atoms. The van der Waals surface area contributed by atoms with E-state index in [1.165, 1.54) is 5.56 Å². The zero-order valence-corrected chi connectivity index (χ0v) is 14.3. The molecule has 1 unspecified atom stereocenters. The Labute approximate surface area is 143 Å². The third-order valence-electron chi connectivity index (χ3n) is 3.50. The van der Waals surface area contributed by atoms with Crippen LogP contribution in [-0.2, 0) is 6.54 Å². The smallest absolute Gasteiger partial charge is 0.191 e. The molecule has 0 spiro atoms. The Hall–Kier alpha value is -2.07. The third-order valence-corrected chi connectivity index (χ3v) is 3.72. The van der Waals surface area contributed by atoms with Crippen LogP contribution in [0.5, 0.6) is 0 Å². The Bertz CT molecular complexity index is 611. The van der Waals surface area contributed by atoms with Gasteiger partial charge in [-0.05, 0) is 30.0 Å². The minimum Gasteiger partial charge on any atom is -0.357 e. The summed E-state index contributed by atoms with van der Waals surface area (Å²) in [6.45, 7) is 6.48. The molecule has 1 aromatic carbocycles. The molecule has 0 aliphatic carbocycles. The first-order valence-electron chi connectivity index (χ1n) is 7.86. The quantitative estimate of drug-likeness (QED) is 0.483. The van der Waals surface area contributed by atoms with Crippen molar-refractivity contribution in [1.29, 1.82) is 0 Å². The molecule has 4 nitrogen and oxygen atoms in total. The number of aliphatic imine (C=N–C) groups is 1. The number of nitrogens with one attached hydrogen (secondary N) is 2. The molecule has 0 saturated carbocycles. The molecule has 2 aromatic rings. The van der Waals surface area contributed by atoms with Gasteiger partial charge in [-0.1, -0.05) is 54.9 Å². The van der Waals surface area contributed by atoms with Crippen molar-refractivity contribution in [1.82, 2.24) is 15.6 Å². The zero-order chi connectivity index (χ0) is 16.5. The minimum absolute atomic E-state index is 0.414. The van der Waals surface area contributed by atoms with E-state index < -0.39 is 0 Å². The second-order valence-corrected chi connectivity index (χ2v) is 5.76. The number of halogens is 1.